The molecule has 22 heavy (non-hydrogen) atoms. The van der Waals surface area contributed by atoms with E-state index < -0.39 is 0 Å². The fourth-order valence-corrected chi connectivity index (χ4v) is 3.00. The van der Waals surface area contributed by atoms with Gasteiger partial charge in [0.25, 0.3) is 0 Å². The number of carbonyl (C=O) groups excluding carboxylic acids is 1. The van der Waals surface area contributed by atoms with Gasteiger partial charge < -0.3 is 14.4 Å². The van der Waals surface area contributed by atoms with E-state index >= 15 is 0 Å². The van der Waals surface area contributed by atoms with Crippen molar-refractivity contribution in [2.75, 3.05) is 19.8 Å². The summed E-state index contributed by atoms with van der Waals surface area (Å²) in [7, 11) is 0. The van der Waals surface area contributed by atoms with Crippen LogP contribution in [-0.4, -0.2) is 42.9 Å². The van der Waals surface area contributed by atoms with Crippen LogP contribution in [0, 0.1) is 0 Å². The maximum Gasteiger partial charge on any atom is 0.228 e. The Hall–Kier alpha value is -1.65. The maximum absolute atomic E-state index is 12.5. The Balaban J connectivity index is 1.57. The van der Waals surface area contributed by atoms with Gasteiger partial charge in [-0.3, -0.25) is 4.79 Å². The Kier molecular flexibility index (Phi) is 5.24. The van der Waals surface area contributed by atoms with Crippen LogP contribution in [0.25, 0.3) is 6.08 Å². The van der Waals surface area contributed by atoms with Gasteiger partial charge in [0.2, 0.25) is 5.91 Å². The molecule has 2 fully saturated rings. The van der Waals surface area contributed by atoms with Crippen LogP contribution in [0.4, 0.5) is 0 Å². The molecule has 0 radical (unpaired) electrons. The summed E-state index contributed by atoms with van der Waals surface area (Å²) in [5.74, 6) is 0.132. The van der Waals surface area contributed by atoms with Crippen molar-refractivity contribution in [3.05, 3.63) is 42.0 Å². The van der Waals surface area contributed by atoms with Crippen molar-refractivity contribution >= 4 is 12.0 Å². The van der Waals surface area contributed by atoms with E-state index in [1.807, 2.05) is 23.1 Å². The van der Waals surface area contributed by atoms with E-state index in [2.05, 4.69) is 24.3 Å². The SMILES string of the molecule is O=C(CC1OCCCO1)N1CCC[C@@H]1/C=C/c1ccccc1. The summed E-state index contributed by atoms with van der Waals surface area (Å²) in [6.07, 6.45) is 7.21. The molecule has 1 aromatic carbocycles. The van der Waals surface area contributed by atoms with Crippen LogP contribution >= 0.6 is 0 Å². The quantitative estimate of drug-likeness (QED) is 0.858. The molecule has 0 unspecified atom stereocenters. The second kappa shape index (κ2) is 7.56. The lowest BCUT2D eigenvalue weighted by molar-refractivity contribution is -0.187. The van der Waals surface area contributed by atoms with Crippen molar-refractivity contribution in [2.45, 2.75) is 38.0 Å². The topological polar surface area (TPSA) is 38.8 Å². The molecule has 2 aliphatic rings. The summed E-state index contributed by atoms with van der Waals surface area (Å²) in [5.41, 5.74) is 1.17. The van der Waals surface area contributed by atoms with Gasteiger partial charge >= 0.3 is 0 Å². The molecule has 4 nitrogen and oxygen atoms in total. The predicted octanol–water partition coefficient (Wildman–Crippen LogP) is 2.84. The molecular weight excluding hydrogens is 278 g/mol. The highest BCUT2D eigenvalue weighted by molar-refractivity contribution is 5.77. The molecule has 0 saturated carbocycles. The van der Waals surface area contributed by atoms with Crippen LogP contribution in [0.2, 0.25) is 0 Å². The lowest BCUT2D eigenvalue weighted by Gasteiger charge is -2.27. The highest BCUT2D eigenvalue weighted by Gasteiger charge is 2.29. The number of likely N-dealkylation sites (tertiary alicyclic amines) is 1. The third-order valence-electron chi connectivity index (χ3n) is 4.17. The number of carbonyl (C=O) groups is 1. The summed E-state index contributed by atoms with van der Waals surface area (Å²) in [5, 5.41) is 0. The molecule has 2 saturated heterocycles. The monoisotopic (exact) mass is 301 g/mol. The van der Waals surface area contributed by atoms with E-state index in [0.29, 0.717) is 19.6 Å². The highest BCUT2D eigenvalue weighted by Crippen LogP contribution is 2.22. The summed E-state index contributed by atoms with van der Waals surface area (Å²) >= 11 is 0. The van der Waals surface area contributed by atoms with Gasteiger partial charge in [0.15, 0.2) is 6.29 Å². The first-order valence-electron chi connectivity index (χ1n) is 8.09. The highest BCUT2D eigenvalue weighted by atomic mass is 16.7. The first-order valence-corrected chi connectivity index (χ1v) is 8.09. The second-order valence-corrected chi connectivity index (χ2v) is 5.80. The molecule has 0 spiro atoms. The number of benzene rings is 1. The Morgan fingerprint density at radius 3 is 2.73 bits per heavy atom. The first-order chi connectivity index (χ1) is 10.8. The van der Waals surface area contributed by atoms with Crippen molar-refractivity contribution in [1.29, 1.82) is 0 Å². The van der Waals surface area contributed by atoms with Crippen LogP contribution in [-0.2, 0) is 14.3 Å². The molecule has 1 aromatic rings. The number of hydrogen-bond donors (Lipinski definition) is 0. The van der Waals surface area contributed by atoms with Gasteiger partial charge in [0.1, 0.15) is 0 Å². The minimum atomic E-state index is -0.361. The molecule has 2 heterocycles. The standard InChI is InChI=1S/C18H23NO3/c20-17(14-18-21-12-5-13-22-18)19-11-4-8-16(19)10-9-15-6-2-1-3-7-15/h1-3,6-7,9-10,16,18H,4-5,8,11-14H2/b10-9+/t16-/m1/s1. The fourth-order valence-electron chi connectivity index (χ4n) is 3.00. The van der Waals surface area contributed by atoms with Crippen LogP contribution < -0.4 is 0 Å². The largest absolute Gasteiger partial charge is 0.352 e. The summed E-state index contributed by atoms with van der Waals surface area (Å²) < 4.78 is 11.0. The number of amides is 1. The van der Waals surface area contributed by atoms with E-state index in [4.69, 9.17) is 9.47 Å². The van der Waals surface area contributed by atoms with E-state index in [9.17, 15) is 4.79 Å². The fraction of sp³-hybridized carbons (Fsp3) is 0.500. The minimum Gasteiger partial charge on any atom is -0.352 e. The molecule has 2 aliphatic heterocycles. The third kappa shape index (κ3) is 3.96. The minimum absolute atomic E-state index is 0.132. The zero-order valence-electron chi connectivity index (χ0n) is 12.8. The Morgan fingerprint density at radius 2 is 1.95 bits per heavy atom. The zero-order valence-corrected chi connectivity index (χ0v) is 12.8. The van der Waals surface area contributed by atoms with Gasteiger partial charge in [-0.15, -0.1) is 0 Å². The molecule has 3 rings (SSSR count). The average Bonchev–Trinajstić information content (AvgIpc) is 3.03. The van der Waals surface area contributed by atoms with Gasteiger partial charge in [-0.2, -0.15) is 0 Å². The normalized spacial score (nSPS) is 23.3. The summed E-state index contributed by atoms with van der Waals surface area (Å²) in [6.45, 7) is 2.21. The molecule has 1 amide bonds. The molecule has 1 atom stereocenters. The van der Waals surface area contributed by atoms with Crippen LogP contribution in [0.3, 0.4) is 0 Å². The number of nitrogens with zero attached hydrogens (tertiary/aromatic N) is 1. The van der Waals surface area contributed by atoms with E-state index in [1.165, 1.54) is 5.56 Å². The molecule has 118 valence electrons. The van der Waals surface area contributed by atoms with Crippen molar-refractivity contribution < 1.29 is 14.3 Å². The Labute approximate surface area is 131 Å². The molecule has 0 aromatic heterocycles. The molecule has 4 heteroatoms. The number of ether oxygens (including phenoxy) is 2. The molecular formula is C18H23NO3. The van der Waals surface area contributed by atoms with Gasteiger partial charge in [-0.25, -0.2) is 0 Å². The Bertz CT molecular complexity index is 508. The van der Waals surface area contributed by atoms with Crippen molar-refractivity contribution in [3.63, 3.8) is 0 Å². The van der Waals surface area contributed by atoms with E-state index in [0.717, 1.165) is 25.8 Å². The van der Waals surface area contributed by atoms with Gasteiger partial charge in [0, 0.05) is 6.54 Å². The van der Waals surface area contributed by atoms with Crippen molar-refractivity contribution in [3.8, 4) is 0 Å². The van der Waals surface area contributed by atoms with E-state index in [1.54, 1.807) is 0 Å². The van der Waals surface area contributed by atoms with E-state index in [-0.39, 0.29) is 18.2 Å². The smallest absolute Gasteiger partial charge is 0.228 e. The second-order valence-electron chi connectivity index (χ2n) is 5.80. The van der Waals surface area contributed by atoms with Gasteiger partial charge in [0.05, 0.1) is 25.7 Å². The lowest BCUT2D eigenvalue weighted by Crippen LogP contribution is -2.38. The predicted molar refractivity (Wildman–Crippen MR) is 85.1 cm³/mol. The maximum atomic E-state index is 12.5. The Morgan fingerprint density at radius 1 is 1.18 bits per heavy atom. The summed E-state index contributed by atoms with van der Waals surface area (Å²) in [4.78, 5) is 14.4. The van der Waals surface area contributed by atoms with Gasteiger partial charge in [-0.05, 0) is 24.8 Å². The first kappa shape index (κ1) is 15.3. The van der Waals surface area contributed by atoms with Crippen LogP contribution in [0.15, 0.2) is 36.4 Å². The third-order valence-corrected chi connectivity index (χ3v) is 4.17. The van der Waals surface area contributed by atoms with Crippen molar-refractivity contribution in [1.82, 2.24) is 4.90 Å². The zero-order chi connectivity index (χ0) is 15.2. The number of rotatable bonds is 4. The van der Waals surface area contributed by atoms with Crippen LogP contribution in [0.1, 0.15) is 31.2 Å². The lowest BCUT2D eigenvalue weighted by atomic mass is 10.1. The molecule has 0 bridgehead atoms. The van der Waals surface area contributed by atoms with Gasteiger partial charge in [-0.1, -0.05) is 42.5 Å². The molecule has 0 N–H and O–H groups in total. The summed E-state index contributed by atoms with van der Waals surface area (Å²) in [6, 6.07) is 10.4. The molecule has 0 aliphatic carbocycles. The average molecular weight is 301 g/mol. The van der Waals surface area contributed by atoms with Crippen LogP contribution in [0.5, 0.6) is 0 Å². The van der Waals surface area contributed by atoms with Crippen molar-refractivity contribution in [2.24, 2.45) is 0 Å². The number of hydrogen-bond acceptors (Lipinski definition) is 3.